The van der Waals surface area contributed by atoms with Crippen molar-refractivity contribution in [2.75, 3.05) is 19.6 Å². The highest BCUT2D eigenvalue weighted by Crippen LogP contribution is 2.42. The average Bonchev–Trinajstić information content (AvgIpc) is 3.16. The van der Waals surface area contributed by atoms with Crippen LogP contribution >= 0.6 is 11.6 Å². The maximum Gasteiger partial charge on any atom is 0.123 e. The molecule has 31 heavy (non-hydrogen) atoms. The summed E-state index contributed by atoms with van der Waals surface area (Å²) in [5, 5.41) is 0.809. The Hall–Kier alpha value is -2.29. The van der Waals surface area contributed by atoms with Crippen LogP contribution in [0.4, 0.5) is 0 Å². The number of nitrogens with zero attached hydrogens (tertiary/aromatic N) is 1. The molecule has 3 aromatic rings. The van der Waals surface area contributed by atoms with E-state index in [1.165, 1.54) is 29.5 Å². The lowest BCUT2D eigenvalue weighted by molar-refractivity contribution is 0.0190. The van der Waals surface area contributed by atoms with Gasteiger partial charge in [0.2, 0.25) is 0 Å². The molecule has 0 aliphatic carbocycles. The summed E-state index contributed by atoms with van der Waals surface area (Å²) in [5.41, 5.74) is 4.10. The molecule has 1 saturated heterocycles. The fourth-order valence-corrected chi connectivity index (χ4v) is 5.48. The Labute approximate surface area is 190 Å². The van der Waals surface area contributed by atoms with E-state index < -0.39 is 0 Å². The first-order chi connectivity index (χ1) is 15.2. The van der Waals surface area contributed by atoms with Gasteiger partial charge >= 0.3 is 0 Å². The van der Waals surface area contributed by atoms with Gasteiger partial charge in [-0.1, -0.05) is 72.3 Å². The molecule has 2 aliphatic heterocycles. The fourth-order valence-electron chi connectivity index (χ4n) is 5.28. The van der Waals surface area contributed by atoms with Crippen LogP contribution in [0.5, 0.6) is 5.75 Å². The maximum absolute atomic E-state index is 6.41. The van der Waals surface area contributed by atoms with E-state index in [0.29, 0.717) is 5.92 Å². The Bertz CT molecular complexity index is 957. The van der Waals surface area contributed by atoms with Gasteiger partial charge in [-0.2, -0.15) is 0 Å². The van der Waals surface area contributed by atoms with Gasteiger partial charge in [-0.05, 0) is 54.3 Å². The molecule has 0 amide bonds. The predicted molar refractivity (Wildman–Crippen MR) is 128 cm³/mol. The van der Waals surface area contributed by atoms with Crippen molar-refractivity contribution in [2.24, 2.45) is 0 Å². The lowest BCUT2D eigenvalue weighted by atomic mass is 9.86. The van der Waals surface area contributed by atoms with Crippen molar-refractivity contribution in [1.29, 1.82) is 0 Å². The first-order valence-corrected chi connectivity index (χ1v) is 11.9. The molecule has 2 heterocycles. The number of hydrogen-bond donors (Lipinski definition) is 0. The lowest BCUT2D eigenvalue weighted by Gasteiger charge is -2.38. The molecule has 5 rings (SSSR count). The predicted octanol–water partition coefficient (Wildman–Crippen LogP) is 6.72. The maximum atomic E-state index is 6.41. The minimum Gasteiger partial charge on any atom is -0.487 e. The molecule has 3 aromatic carbocycles. The fraction of sp³-hybridized carbons (Fsp3) is 0.357. The van der Waals surface area contributed by atoms with Crippen molar-refractivity contribution in [3.05, 3.63) is 101 Å². The first-order valence-electron chi connectivity index (χ1n) is 11.5. The van der Waals surface area contributed by atoms with Gasteiger partial charge < -0.3 is 9.64 Å². The molecule has 0 N–H and O–H groups in total. The molecule has 0 bridgehead atoms. The number of halogens is 1. The van der Waals surface area contributed by atoms with Crippen LogP contribution in [0.3, 0.4) is 0 Å². The van der Waals surface area contributed by atoms with Crippen LogP contribution < -0.4 is 4.74 Å². The smallest absolute Gasteiger partial charge is 0.123 e. The molecule has 1 spiro atoms. The third-order valence-electron chi connectivity index (χ3n) is 7.00. The van der Waals surface area contributed by atoms with Crippen LogP contribution in [0.15, 0.2) is 78.9 Å². The minimum absolute atomic E-state index is 0.0138. The second-order valence-corrected chi connectivity index (χ2v) is 9.51. The molecule has 160 valence electrons. The second-order valence-electron chi connectivity index (χ2n) is 9.07. The number of likely N-dealkylation sites (tertiary alicyclic amines) is 1. The van der Waals surface area contributed by atoms with Crippen LogP contribution in [0, 0.1) is 0 Å². The third-order valence-corrected chi connectivity index (χ3v) is 7.24. The third kappa shape index (κ3) is 4.66. The largest absolute Gasteiger partial charge is 0.487 e. The molecule has 2 aliphatic rings. The van der Waals surface area contributed by atoms with E-state index in [-0.39, 0.29) is 5.60 Å². The summed E-state index contributed by atoms with van der Waals surface area (Å²) in [6.45, 7) is 3.39. The van der Waals surface area contributed by atoms with Crippen molar-refractivity contribution in [1.82, 2.24) is 4.90 Å². The standard InChI is InChI=1S/C28H30ClNO/c29-25-13-14-27-24(20-25)21-28(31-27)15-18-30(19-16-28)17-7-12-26(22-8-3-1-4-9-22)23-10-5-2-6-11-23/h1-6,8-11,13-14,20,26H,7,12,15-19,21H2. The topological polar surface area (TPSA) is 12.5 Å². The van der Waals surface area contributed by atoms with E-state index in [9.17, 15) is 0 Å². The van der Waals surface area contributed by atoms with Crippen LogP contribution in [-0.2, 0) is 6.42 Å². The molecule has 0 atom stereocenters. The zero-order valence-electron chi connectivity index (χ0n) is 18.0. The summed E-state index contributed by atoms with van der Waals surface area (Å²) in [5.74, 6) is 1.50. The van der Waals surface area contributed by atoms with E-state index in [4.69, 9.17) is 16.3 Å². The monoisotopic (exact) mass is 431 g/mol. The molecule has 0 unspecified atom stereocenters. The van der Waals surface area contributed by atoms with Crippen LogP contribution in [0.1, 0.15) is 48.3 Å². The number of benzene rings is 3. The van der Waals surface area contributed by atoms with Gasteiger partial charge in [0.15, 0.2) is 0 Å². The summed E-state index contributed by atoms with van der Waals surface area (Å²) in [6.07, 6.45) is 5.58. The van der Waals surface area contributed by atoms with E-state index >= 15 is 0 Å². The Kier molecular flexibility index (Phi) is 6.02. The normalized spacial score (nSPS) is 17.6. The van der Waals surface area contributed by atoms with Gasteiger partial charge in [0.05, 0.1) is 0 Å². The molecular weight excluding hydrogens is 402 g/mol. The molecule has 2 nitrogen and oxygen atoms in total. The van der Waals surface area contributed by atoms with Crippen LogP contribution in [0.25, 0.3) is 0 Å². The Balaban J connectivity index is 1.16. The summed E-state index contributed by atoms with van der Waals surface area (Å²) in [6, 6.07) is 27.9. The van der Waals surface area contributed by atoms with E-state index in [0.717, 1.165) is 49.7 Å². The average molecular weight is 432 g/mol. The van der Waals surface area contributed by atoms with Crippen molar-refractivity contribution in [2.45, 2.75) is 43.6 Å². The molecule has 0 aromatic heterocycles. The SMILES string of the molecule is Clc1ccc2c(c1)CC1(CCN(CCCC(c3ccccc3)c3ccccc3)CC1)O2. The summed E-state index contributed by atoms with van der Waals surface area (Å²) < 4.78 is 6.41. The van der Waals surface area contributed by atoms with E-state index in [1.807, 2.05) is 12.1 Å². The number of piperidine rings is 1. The van der Waals surface area contributed by atoms with Gasteiger partial charge in [-0.3, -0.25) is 0 Å². The summed E-state index contributed by atoms with van der Waals surface area (Å²) >= 11 is 6.18. The van der Waals surface area contributed by atoms with Crippen molar-refractivity contribution in [3.8, 4) is 5.75 Å². The van der Waals surface area contributed by atoms with Gasteiger partial charge in [0.1, 0.15) is 11.4 Å². The zero-order chi connectivity index (χ0) is 21.1. The molecular formula is C28H30ClNO. The number of fused-ring (bicyclic) bond motifs is 1. The Morgan fingerprint density at radius 3 is 2.16 bits per heavy atom. The van der Waals surface area contributed by atoms with Gasteiger partial charge in [-0.15, -0.1) is 0 Å². The molecule has 1 fully saturated rings. The first kappa shape index (κ1) is 20.6. The van der Waals surface area contributed by atoms with Gasteiger partial charge in [0.25, 0.3) is 0 Å². The highest BCUT2D eigenvalue weighted by molar-refractivity contribution is 6.30. The molecule has 3 heteroatoms. The lowest BCUT2D eigenvalue weighted by Crippen LogP contribution is -2.47. The van der Waals surface area contributed by atoms with Crippen molar-refractivity contribution >= 4 is 11.6 Å². The zero-order valence-corrected chi connectivity index (χ0v) is 18.7. The van der Waals surface area contributed by atoms with E-state index in [2.05, 4.69) is 71.6 Å². The number of rotatable bonds is 6. The Morgan fingerprint density at radius 2 is 1.52 bits per heavy atom. The van der Waals surface area contributed by atoms with Crippen molar-refractivity contribution in [3.63, 3.8) is 0 Å². The molecule has 0 saturated carbocycles. The summed E-state index contributed by atoms with van der Waals surface area (Å²) in [7, 11) is 0. The van der Waals surface area contributed by atoms with Crippen molar-refractivity contribution < 1.29 is 4.74 Å². The van der Waals surface area contributed by atoms with E-state index in [1.54, 1.807) is 0 Å². The number of hydrogen-bond acceptors (Lipinski definition) is 2. The highest BCUT2D eigenvalue weighted by Gasteiger charge is 2.41. The Morgan fingerprint density at radius 1 is 0.871 bits per heavy atom. The summed E-state index contributed by atoms with van der Waals surface area (Å²) in [4.78, 5) is 2.62. The van der Waals surface area contributed by atoms with Crippen LogP contribution in [-0.4, -0.2) is 30.1 Å². The quantitative estimate of drug-likeness (QED) is 0.429. The van der Waals surface area contributed by atoms with Gasteiger partial charge in [-0.25, -0.2) is 0 Å². The molecule has 0 radical (unpaired) electrons. The highest BCUT2D eigenvalue weighted by atomic mass is 35.5. The van der Waals surface area contributed by atoms with Gasteiger partial charge in [0, 0.05) is 43.3 Å². The van der Waals surface area contributed by atoms with Crippen LogP contribution in [0.2, 0.25) is 5.02 Å². The number of ether oxygens (including phenoxy) is 1. The minimum atomic E-state index is -0.0138. The second kappa shape index (κ2) is 9.06.